The van der Waals surface area contributed by atoms with Crippen molar-refractivity contribution in [3.8, 4) is 0 Å². The molecule has 1 aromatic carbocycles. The number of benzene rings is 1. The Morgan fingerprint density at radius 2 is 1.89 bits per heavy atom. The van der Waals surface area contributed by atoms with Crippen molar-refractivity contribution in [1.29, 1.82) is 0 Å². The number of hydrogen-bond acceptors (Lipinski definition) is 5. The molecule has 4 heterocycles. The lowest BCUT2D eigenvalue weighted by Crippen LogP contribution is -2.62. The maximum absolute atomic E-state index is 13.4. The van der Waals surface area contributed by atoms with Crippen molar-refractivity contribution in [2.24, 2.45) is 5.92 Å². The first-order valence-electron chi connectivity index (χ1n) is 12.5. The lowest BCUT2D eigenvalue weighted by atomic mass is 9.95. The fourth-order valence-corrected chi connectivity index (χ4v) is 5.63. The highest BCUT2D eigenvalue weighted by atomic mass is 16.2. The average molecular weight is 490 g/mol. The third-order valence-electron chi connectivity index (χ3n) is 7.68. The molecule has 36 heavy (non-hydrogen) atoms. The lowest BCUT2D eigenvalue weighted by molar-refractivity contribution is -0.134. The maximum atomic E-state index is 13.4. The summed E-state index contributed by atoms with van der Waals surface area (Å²) < 4.78 is 0. The minimum atomic E-state index is -0.766. The topological polar surface area (TPSA) is 103 Å². The van der Waals surface area contributed by atoms with Crippen molar-refractivity contribution in [2.75, 3.05) is 29.9 Å². The SMILES string of the molecule is Cc1ccnc(NC(=O)C2CCN(C(=O)CCN3C(=O)c4ccccc4N4C(=O)CCC34C)CC2)c1. The van der Waals surface area contributed by atoms with Gasteiger partial charge in [0.1, 0.15) is 11.5 Å². The number of piperidine rings is 1. The normalized spacial score (nSPS) is 21.9. The average Bonchev–Trinajstić information content (AvgIpc) is 3.18. The molecule has 3 aliphatic heterocycles. The fraction of sp³-hybridized carbons (Fsp3) is 0.444. The summed E-state index contributed by atoms with van der Waals surface area (Å²) in [6, 6.07) is 10.9. The molecule has 3 aliphatic rings. The van der Waals surface area contributed by atoms with Crippen molar-refractivity contribution in [3.05, 3.63) is 53.7 Å². The Bertz CT molecular complexity index is 1220. The Kier molecular flexibility index (Phi) is 6.24. The number of amides is 4. The van der Waals surface area contributed by atoms with Crippen LogP contribution >= 0.6 is 0 Å². The van der Waals surface area contributed by atoms with Crippen LogP contribution in [0.2, 0.25) is 0 Å². The van der Waals surface area contributed by atoms with Gasteiger partial charge < -0.3 is 15.1 Å². The second kappa shape index (κ2) is 9.37. The number of likely N-dealkylation sites (tertiary alicyclic amines) is 1. The van der Waals surface area contributed by atoms with Gasteiger partial charge >= 0.3 is 0 Å². The summed E-state index contributed by atoms with van der Waals surface area (Å²) in [6.07, 6.45) is 3.92. The van der Waals surface area contributed by atoms with E-state index in [0.29, 0.717) is 55.8 Å². The minimum Gasteiger partial charge on any atom is -0.343 e. The van der Waals surface area contributed by atoms with E-state index in [9.17, 15) is 19.2 Å². The second-order valence-electron chi connectivity index (χ2n) is 10.0. The van der Waals surface area contributed by atoms with Gasteiger partial charge in [-0.05, 0) is 62.9 Å². The van der Waals surface area contributed by atoms with Crippen LogP contribution in [0.1, 0.15) is 54.9 Å². The van der Waals surface area contributed by atoms with Gasteiger partial charge in [0.2, 0.25) is 17.7 Å². The Morgan fingerprint density at radius 1 is 1.14 bits per heavy atom. The highest BCUT2D eigenvalue weighted by Crippen LogP contribution is 2.44. The third kappa shape index (κ3) is 4.23. The number of carbonyl (C=O) groups is 4. The van der Waals surface area contributed by atoms with Crippen molar-refractivity contribution < 1.29 is 19.2 Å². The first kappa shape index (κ1) is 24.0. The molecule has 0 saturated carbocycles. The Morgan fingerprint density at radius 3 is 2.64 bits per heavy atom. The van der Waals surface area contributed by atoms with Crippen LogP contribution in [-0.2, 0) is 14.4 Å². The first-order valence-corrected chi connectivity index (χ1v) is 12.5. The van der Waals surface area contributed by atoms with Gasteiger partial charge in [0.15, 0.2) is 0 Å². The number of pyridine rings is 1. The zero-order valence-electron chi connectivity index (χ0n) is 20.7. The Balaban J connectivity index is 1.19. The van der Waals surface area contributed by atoms with Gasteiger partial charge in [-0.25, -0.2) is 4.98 Å². The molecule has 4 amide bonds. The largest absolute Gasteiger partial charge is 0.343 e. The molecule has 2 aromatic rings. The predicted molar refractivity (Wildman–Crippen MR) is 134 cm³/mol. The van der Waals surface area contributed by atoms with Crippen LogP contribution in [0.5, 0.6) is 0 Å². The molecule has 9 heteroatoms. The fourth-order valence-electron chi connectivity index (χ4n) is 5.63. The number of nitrogens with one attached hydrogen (secondary N) is 1. The lowest BCUT2D eigenvalue weighted by Gasteiger charge is -2.48. The molecule has 2 saturated heterocycles. The highest BCUT2D eigenvalue weighted by Gasteiger charge is 2.52. The summed E-state index contributed by atoms with van der Waals surface area (Å²) >= 11 is 0. The number of rotatable bonds is 5. The van der Waals surface area contributed by atoms with Crippen LogP contribution < -0.4 is 10.2 Å². The van der Waals surface area contributed by atoms with Gasteiger partial charge in [-0.1, -0.05) is 12.1 Å². The quantitative estimate of drug-likeness (QED) is 0.696. The van der Waals surface area contributed by atoms with Gasteiger partial charge in [-0.15, -0.1) is 0 Å². The molecule has 1 atom stereocenters. The highest BCUT2D eigenvalue weighted by molar-refractivity contribution is 6.10. The van der Waals surface area contributed by atoms with E-state index in [1.165, 1.54) is 0 Å². The van der Waals surface area contributed by atoms with Crippen LogP contribution in [0.25, 0.3) is 0 Å². The zero-order chi connectivity index (χ0) is 25.4. The van der Waals surface area contributed by atoms with E-state index in [2.05, 4.69) is 10.3 Å². The van der Waals surface area contributed by atoms with Crippen LogP contribution in [0.15, 0.2) is 42.6 Å². The monoisotopic (exact) mass is 489 g/mol. The van der Waals surface area contributed by atoms with E-state index < -0.39 is 5.66 Å². The van der Waals surface area contributed by atoms with E-state index in [4.69, 9.17) is 0 Å². The van der Waals surface area contributed by atoms with Crippen LogP contribution in [0.3, 0.4) is 0 Å². The van der Waals surface area contributed by atoms with Crippen molar-refractivity contribution in [3.63, 3.8) is 0 Å². The molecule has 188 valence electrons. The molecule has 1 N–H and O–H groups in total. The van der Waals surface area contributed by atoms with Crippen LogP contribution in [0, 0.1) is 12.8 Å². The minimum absolute atomic E-state index is 0.00464. The number of anilines is 2. The molecule has 2 fully saturated rings. The summed E-state index contributed by atoms with van der Waals surface area (Å²) in [5.41, 5.74) is 1.40. The smallest absolute Gasteiger partial charge is 0.257 e. The van der Waals surface area contributed by atoms with Crippen LogP contribution in [-0.4, -0.2) is 63.7 Å². The van der Waals surface area contributed by atoms with E-state index in [0.717, 1.165) is 5.56 Å². The summed E-state index contributed by atoms with van der Waals surface area (Å²) in [7, 11) is 0. The zero-order valence-corrected chi connectivity index (χ0v) is 20.7. The molecule has 1 unspecified atom stereocenters. The summed E-state index contributed by atoms with van der Waals surface area (Å²) in [4.78, 5) is 61.2. The molecular formula is C27H31N5O4. The standard InChI is InChI=1S/C27H31N5O4/c1-18-8-13-28-22(17-18)29-25(35)19-9-14-30(15-10-19)23(33)11-16-31-26(36)20-5-3-4-6-21(20)32-24(34)7-12-27(31,32)2/h3-6,8,13,17,19H,7,9-12,14-16H2,1-2H3,(H,28,29,35). The summed E-state index contributed by atoms with van der Waals surface area (Å²) in [5.74, 6) is 0.103. The predicted octanol–water partition coefficient (Wildman–Crippen LogP) is 2.96. The van der Waals surface area contributed by atoms with Gasteiger partial charge in [0, 0.05) is 44.6 Å². The number of hydrogen-bond donors (Lipinski definition) is 1. The Hall–Kier alpha value is -3.75. The number of carbonyl (C=O) groups excluding carboxylic acids is 4. The molecule has 0 bridgehead atoms. The van der Waals surface area contributed by atoms with Crippen molar-refractivity contribution in [1.82, 2.24) is 14.8 Å². The summed E-state index contributed by atoms with van der Waals surface area (Å²) in [5, 5.41) is 2.88. The molecule has 5 rings (SSSR count). The van der Waals surface area contributed by atoms with E-state index in [1.54, 1.807) is 33.0 Å². The van der Waals surface area contributed by atoms with Crippen LogP contribution in [0.4, 0.5) is 11.5 Å². The van der Waals surface area contributed by atoms with Gasteiger partial charge in [0.25, 0.3) is 5.91 Å². The molecule has 0 aliphatic carbocycles. The number of nitrogens with zero attached hydrogens (tertiary/aromatic N) is 4. The molecule has 1 aromatic heterocycles. The second-order valence-corrected chi connectivity index (χ2v) is 10.0. The van der Waals surface area contributed by atoms with E-state index in [1.807, 2.05) is 38.1 Å². The number of fused-ring (bicyclic) bond motifs is 3. The summed E-state index contributed by atoms with van der Waals surface area (Å²) in [6.45, 7) is 5.09. The third-order valence-corrected chi connectivity index (χ3v) is 7.68. The van der Waals surface area contributed by atoms with Gasteiger partial charge in [-0.2, -0.15) is 0 Å². The number of para-hydroxylation sites is 1. The molecule has 0 spiro atoms. The van der Waals surface area contributed by atoms with Crippen molar-refractivity contribution >= 4 is 35.1 Å². The van der Waals surface area contributed by atoms with E-state index in [-0.39, 0.29) is 42.5 Å². The van der Waals surface area contributed by atoms with Crippen molar-refractivity contribution in [2.45, 2.75) is 51.6 Å². The molecule has 0 radical (unpaired) electrons. The van der Waals surface area contributed by atoms with Gasteiger partial charge in [-0.3, -0.25) is 24.1 Å². The molecular weight excluding hydrogens is 458 g/mol. The number of aromatic nitrogens is 1. The Labute approximate surface area is 210 Å². The maximum Gasteiger partial charge on any atom is 0.257 e. The molecule has 9 nitrogen and oxygen atoms in total. The van der Waals surface area contributed by atoms with Gasteiger partial charge in [0.05, 0.1) is 11.3 Å². The number of aryl methyl sites for hydroxylation is 1. The van der Waals surface area contributed by atoms with E-state index >= 15 is 0 Å². The first-order chi connectivity index (χ1) is 17.3.